The molecule has 1 aliphatic rings. The highest BCUT2D eigenvalue weighted by Crippen LogP contribution is 2.31. The van der Waals surface area contributed by atoms with E-state index in [1.807, 2.05) is 0 Å². The summed E-state index contributed by atoms with van der Waals surface area (Å²) in [5, 5.41) is 2.25. The molecule has 1 unspecified atom stereocenters. The molecule has 66 valence electrons. The summed E-state index contributed by atoms with van der Waals surface area (Å²) in [6, 6.07) is 0. The number of hydrogen-bond donors (Lipinski definition) is 1. The zero-order valence-corrected chi connectivity index (χ0v) is 9.84. The third-order valence-electron chi connectivity index (χ3n) is 1.44. The molecule has 11 heavy (non-hydrogen) atoms. The maximum atomic E-state index is 4.18. The van der Waals surface area contributed by atoms with E-state index in [4.69, 9.17) is 0 Å². The van der Waals surface area contributed by atoms with Crippen LogP contribution in [-0.4, -0.2) is 33.3 Å². The van der Waals surface area contributed by atoms with E-state index in [9.17, 15) is 0 Å². The summed E-state index contributed by atoms with van der Waals surface area (Å²) < 4.78 is 0. The second kappa shape index (κ2) is 6.87. The van der Waals surface area contributed by atoms with E-state index in [0.29, 0.717) is 0 Å². The smallest absolute Gasteiger partial charge is 0.0395 e. The molecule has 0 amide bonds. The Morgan fingerprint density at radius 2 is 2.45 bits per heavy atom. The van der Waals surface area contributed by atoms with Crippen molar-refractivity contribution in [1.82, 2.24) is 0 Å². The topological polar surface area (TPSA) is 0 Å². The van der Waals surface area contributed by atoms with Gasteiger partial charge in [0.2, 0.25) is 0 Å². The molecule has 0 aliphatic carbocycles. The Morgan fingerprint density at radius 3 is 3.09 bits per heavy atom. The lowest BCUT2D eigenvalue weighted by atomic mass is 10.5. The molecule has 0 aromatic heterocycles. The van der Waals surface area contributed by atoms with Gasteiger partial charge in [-0.2, -0.15) is 24.4 Å². The van der Waals surface area contributed by atoms with Gasteiger partial charge in [0, 0.05) is 21.8 Å². The van der Waals surface area contributed by atoms with Crippen LogP contribution in [0, 0.1) is 0 Å². The van der Waals surface area contributed by atoms with Crippen molar-refractivity contribution >= 4 is 47.9 Å². The highest BCUT2D eigenvalue weighted by atomic mass is 32.2. The second-order valence-electron chi connectivity index (χ2n) is 2.43. The third kappa shape index (κ3) is 4.86. The highest BCUT2D eigenvalue weighted by molar-refractivity contribution is 8.19. The van der Waals surface area contributed by atoms with Crippen LogP contribution >= 0.6 is 47.9 Å². The Kier molecular flexibility index (Phi) is 6.54. The van der Waals surface area contributed by atoms with E-state index in [-0.39, 0.29) is 0 Å². The van der Waals surface area contributed by atoms with Crippen molar-refractivity contribution in [2.24, 2.45) is 0 Å². The molecule has 1 fully saturated rings. The third-order valence-corrected chi connectivity index (χ3v) is 6.05. The molecule has 4 heteroatoms. The zero-order chi connectivity index (χ0) is 7.94. The maximum absolute atomic E-state index is 4.18. The van der Waals surface area contributed by atoms with E-state index in [1.165, 1.54) is 28.8 Å². The van der Waals surface area contributed by atoms with Crippen LogP contribution in [0.5, 0.6) is 0 Å². The number of thioether (sulfide) groups is 3. The first-order chi connectivity index (χ1) is 5.43. The van der Waals surface area contributed by atoms with Gasteiger partial charge in [0.1, 0.15) is 0 Å². The highest BCUT2D eigenvalue weighted by Gasteiger charge is 2.14. The van der Waals surface area contributed by atoms with Gasteiger partial charge in [0.25, 0.3) is 0 Å². The van der Waals surface area contributed by atoms with E-state index in [2.05, 4.69) is 47.9 Å². The standard InChI is InChI=1S/C7H14S4/c8-2-1-3-9-4-7-5-10-6-11-7/h7-8H,1-6H2. The monoisotopic (exact) mass is 226 g/mol. The lowest BCUT2D eigenvalue weighted by Crippen LogP contribution is -2.04. The van der Waals surface area contributed by atoms with Crippen LogP contribution in [0.2, 0.25) is 0 Å². The van der Waals surface area contributed by atoms with Crippen molar-refractivity contribution in [3.05, 3.63) is 0 Å². The summed E-state index contributed by atoms with van der Waals surface area (Å²) in [4.78, 5) is 0. The van der Waals surface area contributed by atoms with E-state index in [1.54, 1.807) is 0 Å². The van der Waals surface area contributed by atoms with Gasteiger partial charge >= 0.3 is 0 Å². The van der Waals surface area contributed by atoms with Gasteiger partial charge in [-0.3, -0.25) is 0 Å². The summed E-state index contributed by atoms with van der Waals surface area (Å²) in [6.07, 6.45) is 1.26. The van der Waals surface area contributed by atoms with Crippen LogP contribution in [0.25, 0.3) is 0 Å². The van der Waals surface area contributed by atoms with Crippen LogP contribution in [0.15, 0.2) is 0 Å². The average Bonchev–Trinajstić information content (AvgIpc) is 2.50. The Hall–Kier alpha value is 1.40. The van der Waals surface area contributed by atoms with Crippen molar-refractivity contribution in [3.63, 3.8) is 0 Å². The maximum Gasteiger partial charge on any atom is 0.0395 e. The second-order valence-corrected chi connectivity index (χ2v) is 6.71. The van der Waals surface area contributed by atoms with Gasteiger partial charge in [-0.25, -0.2) is 0 Å². The van der Waals surface area contributed by atoms with E-state index >= 15 is 0 Å². The summed E-state index contributed by atoms with van der Waals surface area (Å²) in [6.45, 7) is 0. The fourth-order valence-corrected chi connectivity index (χ4v) is 5.53. The Morgan fingerprint density at radius 1 is 1.55 bits per heavy atom. The van der Waals surface area contributed by atoms with Crippen LogP contribution in [0.4, 0.5) is 0 Å². The molecule has 0 saturated carbocycles. The minimum absolute atomic E-state index is 0.935. The summed E-state index contributed by atoms with van der Waals surface area (Å²) in [7, 11) is 0. The Bertz CT molecular complexity index is 90.4. The van der Waals surface area contributed by atoms with E-state index in [0.717, 1.165) is 11.0 Å². The predicted octanol–water partition coefficient (Wildman–Crippen LogP) is 2.85. The molecule has 0 radical (unpaired) electrons. The molecule has 1 saturated heterocycles. The van der Waals surface area contributed by atoms with Crippen LogP contribution in [0.3, 0.4) is 0 Å². The van der Waals surface area contributed by atoms with Crippen LogP contribution in [0.1, 0.15) is 6.42 Å². The van der Waals surface area contributed by atoms with Crippen molar-refractivity contribution in [2.45, 2.75) is 11.7 Å². The largest absolute Gasteiger partial charge is 0.179 e. The molecular formula is C7H14S4. The quantitative estimate of drug-likeness (QED) is 0.566. The average molecular weight is 226 g/mol. The van der Waals surface area contributed by atoms with Gasteiger partial charge in [0.15, 0.2) is 0 Å². The van der Waals surface area contributed by atoms with Crippen molar-refractivity contribution in [1.29, 1.82) is 0 Å². The SMILES string of the molecule is SCCCSCC1CSCS1. The Labute approximate surface area is 87.4 Å². The first-order valence-electron chi connectivity index (χ1n) is 3.81. The van der Waals surface area contributed by atoms with Crippen molar-refractivity contribution < 1.29 is 0 Å². The molecule has 1 aliphatic heterocycles. The molecule has 0 N–H and O–H groups in total. The fraction of sp³-hybridized carbons (Fsp3) is 1.00. The molecule has 1 atom stereocenters. The molecule has 0 aromatic rings. The molecule has 0 bridgehead atoms. The molecule has 0 aromatic carbocycles. The van der Waals surface area contributed by atoms with Crippen molar-refractivity contribution in [3.8, 4) is 0 Å². The minimum Gasteiger partial charge on any atom is -0.179 e. The van der Waals surface area contributed by atoms with Crippen molar-refractivity contribution in [2.75, 3.05) is 28.1 Å². The minimum atomic E-state index is 0.935. The first kappa shape index (κ1) is 10.5. The summed E-state index contributed by atoms with van der Waals surface area (Å²) >= 11 is 10.5. The first-order valence-corrected chi connectivity index (χ1v) is 7.80. The lowest BCUT2D eigenvalue weighted by Gasteiger charge is -2.05. The number of thiol groups is 1. The predicted molar refractivity (Wildman–Crippen MR) is 64.5 cm³/mol. The summed E-state index contributed by atoms with van der Waals surface area (Å²) in [5.74, 6) is 5.06. The lowest BCUT2D eigenvalue weighted by molar-refractivity contribution is 1.11. The molecule has 1 rings (SSSR count). The van der Waals surface area contributed by atoms with Gasteiger partial charge in [-0.15, -0.1) is 23.5 Å². The molecule has 0 spiro atoms. The van der Waals surface area contributed by atoms with Gasteiger partial charge < -0.3 is 0 Å². The fourth-order valence-electron chi connectivity index (χ4n) is 0.850. The molecule has 1 heterocycles. The number of rotatable bonds is 5. The van der Waals surface area contributed by atoms with Gasteiger partial charge in [-0.05, 0) is 17.9 Å². The molecule has 0 nitrogen and oxygen atoms in total. The Balaban J connectivity index is 1.86. The van der Waals surface area contributed by atoms with Gasteiger partial charge in [0.05, 0.1) is 0 Å². The van der Waals surface area contributed by atoms with Crippen LogP contribution < -0.4 is 0 Å². The summed E-state index contributed by atoms with van der Waals surface area (Å²) in [5.41, 5.74) is 0. The van der Waals surface area contributed by atoms with Crippen LogP contribution in [-0.2, 0) is 0 Å². The molecular weight excluding hydrogens is 212 g/mol. The zero-order valence-electron chi connectivity index (χ0n) is 6.49. The van der Waals surface area contributed by atoms with E-state index < -0.39 is 0 Å². The number of hydrogen-bond acceptors (Lipinski definition) is 4. The normalized spacial score (nSPS) is 24.3. The van der Waals surface area contributed by atoms with Gasteiger partial charge in [-0.1, -0.05) is 0 Å².